The molecule has 3 fully saturated rings. The molecule has 21 heteroatoms. The van der Waals surface area contributed by atoms with E-state index in [0.717, 1.165) is 6.33 Å². The monoisotopic (exact) mass is 627 g/mol. The Labute approximate surface area is 235 Å². The number of imidazole rings is 2. The number of hydrogen-bond donors (Lipinski definition) is 3. The van der Waals surface area contributed by atoms with Crippen LogP contribution in [0.4, 0.5) is 10.2 Å². The van der Waals surface area contributed by atoms with Gasteiger partial charge in [-0.25, -0.2) is 33.9 Å². The van der Waals surface area contributed by atoms with Gasteiger partial charge in [-0.3, -0.25) is 22.4 Å². The molecule has 0 spiro atoms. The number of alkyl halides is 1. The van der Waals surface area contributed by atoms with Crippen molar-refractivity contribution in [2.45, 2.75) is 49.5 Å². The first-order chi connectivity index (χ1) is 20.1. The molecule has 7 rings (SSSR count). The third-order valence-electron chi connectivity index (χ3n) is 7.12. The van der Waals surface area contributed by atoms with Gasteiger partial charge in [0, 0.05) is 19.2 Å². The summed E-state index contributed by atoms with van der Waals surface area (Å²) in [5.74, 6) is 0.0422. The molecule has 4 aromatic rings. The zero-order valence-corrected chi connectivity index (χ0v) is 23.0. The first kappa shape index (κ1) is 27.6. The van der Waals surface area contributed by atoms with Crippen LogP contribution in [0.1, 0.15) is 18.9 Å². The smallest absolute Gasteiger partial charge is 0.382 e. The molecule has 42 heavy (non-hydrogen) atoms. The van der Waals surface area contributed by atoms with E-state index >= 15 is 4.39 Å². The molecule has 0 aliphatic carbocycles. The summed E-state index contributed by atoms with van der Waals surface area (Å²) < 4.78 is 87.2. The van der Waals surface area contributed by atoms with Crippen LogP contribution in [0, 0.1) is 0 Å². The van der Waals surface area contributed by atoms with Crippen molar-refractivity contribution < 1.29 is 45.0 Å². The van der Waals surface area contributed by atoms with Crippen molar-refractivity contribution in [3.63, 3.8) is 0 Å². The van der Waals surface area contributed by atoms with Gasteiger partial charge in [-0.05, 0) is 12.1 Å². The minimum Gasteiger partial charge on any atom is -0.382 e. The van der Waals surface area contributed by atoms with Crippen molar-refractivity contribution in [2.24, 2.45) is 0 Å². The standard InChI is InChI=1S/C21H23FN9O9PS/c22-15-17-12(38-21(15)31-9-28-16-18(23)25-7-26-20(16)31)5-29-42(34,35)40-11-4-14(37-13(11)6-36-41(32,33)39-17)30-8-27-10-2-1-3-24-19(10)30/h1-3,7-9,11-15,17,21,29H,4-6H2,(H,32,33)(H2,23,25,26)/t11-,12+,13+,14+,15+,17+,21+/m0/s1. The Bertz CT molecular complexity index is 1810. The van der Waals surface area contributed by atoms with Gasteiger partial charge in [0.2, 0.25) is 0 Å². The second-order valence-electron chi connectivity index (χ2n) is 9.73. The van der Waals surface area contributed by atoms with Gasteiger partial charge in [0.15, 0.2) is 29.5 Å². The molecular formula is C21H23FN9O9PS. The SMILES string of the molecule is Nc1ncnc2c1ncn2[C@@H]1O[C@@H]2CNS(=O)(=O)O[C@H]3C[C@H](n4cnc5cccnc54)O[C@@H]3COP(=O)(O)O[C@H]2[C@H]1F. The number of rotatable bonds is 2. The second-order valence-corrected chi connectivity index (χ2v) is 12.5. The summed E-state index contributed by atoms with van der Waals surface area (Å²) in [6.45, 7) is -1.20. The zero-order valence-electron chi connectivity index (χ0n) is 21.3. The molecule has 224 valence electrons. The van der Waals surface area contributed by atoms with Crippen LogP contribution in [0.5, 0.6) is 0 Å². The van der Waals surface area contributed by atoms with Crippen LogP contribution in [0.2, 0.25) is 0 Å². The average Bonchev–Trinajstić information content (AvgIpc) is 3.72. The van der Waals surface area contributed by atoms with Crippen LogP contribution < -0.4 is 10.5 Å². The highest BCUT2D eigenvalue weighted by atomic mass is 32.2. The van der Waals surface area contributed by atoms with Crippen molar-refractivity contribution >= 4 is 46.3 Å². The number of aromatic nitrogens is 7. The Morgan fingerprint density at radius 1 is 1.07 bits per heavy atom. The van der Waals surface area contributed by atoms with Crippen molar-refractivity contribution in [1.82, 2.24) is 38.8 Å². The van der Waals surface area contributed by atoms with E-state index in [1.165, 1.54) is 17.2 Å². The van der Waals surface area contributed by atoms with Crippen LogP contribution in [-0.2, 0) is 37.6 Å². The van der Waals surface area contributed by atoms with Gasteiger partial charge in [-0.15, -0.1) is 0 Å². The maximum atomic E-state index is 15.8. The number of ether oxygens (including phenoxy) is 2. The van der Waals surface area contributed by atoms with Gasteiger partial charge in [0.25, 0.3) is 0 Å². The van der Waals surface area contributed by atoms with E-state index in [0.29, 0.717) is 11.2 Å². The number of phosphoric acid groups is 1. The number of phosphoric ester groups is 1. The molecule has 7 heterocycles. The molecule has 0 radical (unpaired) electrons. The number of halogens is 1. The molecule has 1 unspecified atom stereocenters. The summed E-state index contributed by atoms with van der Waals surface area (Å²) in [7, 11) is -9.41. The lowest BCUT2D eigenvalue weighted by Crippen LogP contribution is -2.43. The Morgan fingerprint density at radius 2 is 1.90 bits per heavy atom. The Balaban J connectivity index is 1.15. The topological polar surface area (TPSA) is 230 Å². The molecule has 18 nitrogen and oxygen atoms in total. The molecule has 3 saturated heterocycles. The number of fused-ring (bicyclic) bond motifs is 4. The molecule has 0 bridgehead atoms. The summed E-state index contributed by atoms with van der Waals surface area (Å²) in [6.07, 6.45) is -4.38. The summed E-state index contributed by atoms with van der Waals surface area (Å²) in [5, 5.41) is 0. The predicted octanol–water partition coefficient (Wildman–Crippen LogP) is 0.112. The molecule has 0 aromatic carbocycles. The van der Waals surface area contributed by atoms with Crippen LogP contribution in [0.15, 0.2) is 37.3 Å². The first-order valence-corrected chi connectivity index (χ1v) is 15.5. The van der Waals surface area contributed by atoms with Crippen LogP contribution in [0.3, 0.4) is 0 Å². The fraction of sp³-hybridized carbons (Fsp3) is 0.476. The highest BCUT2D eigenvalue weighted by molar-refractivity contribution is 7.84. The van der Waals surface area contributed by atoms with Crippen LogP contribution in [0.25, 0.3) is 22.3 Å². The second kappa shape index (κ2) is 10.2. The number of anilines is 1. The van der Waals surface area contributed by atoms with E-state index in [-0.39, 0.29) is 23.4 Å². The van der Waals surface area contributed by atoms with Crippen molar-refractivity contribution in [1.29, 1.82) is 0 Å². The molecule has 0 amide bonds. The first-order valence-electron chi connectivity index (χ1n) is 12.6. The average molecular weight is 628 g/mol. The third kappa shape index (κ3) is 4.93. The quantitative estimate of drug-likeness (QED) is 0.250. The lowest BCUT2D eigenvalue weighted by atomic mass is 10.1. The van der Waals surface area contributed by atoms with Gasteiger partial charge in [-0.1, -0.05) is 0 Å². The van der Waals surface area contributed by atoms with Crippen molar-refractivity contribution in [2.75, 3.05) is 18.9 Å². The fourth-order valence-corrected chi connectivity index (χ4v) is 7.12. The summed E-state index contributed by atoms with van der Waals surface area (Å²) >= 11 is 0. The van der Waals surface area contributed by atoms with Gasteiger partial charge in [0.1, 0.15) is 48.0 Å². The number of pyridine rings is 1. The number of nitrogens with two attached hydrogens (primary N) is 1. The maximum Gasteiger partial charge on any atom is 0.472 e. The summed E-state index contributed by atoms with van der Waals surface area (Å²) in [6, 6.07) is 3.45. The van der Waals surface area contributed by atoms with Crippen molar-refractivity contribution in [3.8, 4) is 0 Å². The van der Waals surface area contributed by atoms with Gasteiger partial charge in [0.05, 0.1) is 19.3 Å². The molecule has 4 N–H and O–H groups in total. The van der Waals surface area contributed by atoms with Gasteiger partial charge >= 0.3 is 18.1 Å². The lowest BCUT2D eigenvalue weighted by molar-refractivity contribution is -0.0469. The maximum absolute atomic E-state index is 15.8. The normalized spacial score (nSPS) is 35.4. The van der Waals surface area contributed by atoms with E-state index in [2.05, 4.69) is 29.6 Å². The molecular weight excluding hydrogens is 604 g/mol. The van der Waals surface area contributed by atoms with E-state index in [9.17, 15) is 17.9 Å². The fourth-order valence-electron chi connectivity index (χ4n) is 5.20. The number of nitrogens with zero attached hydrogens (tertiary/aromatic N) is 7. The van der Waals surface area contributed by atoms with Crippen LogP contribution >= 0.6 is 7.82 Å². The summed E-state index contributed by atoms with van der Waals surface area (Å²) in [4.78, 5) is 31.0. The number of hydrogen-bond acceptors (Lipinski definition) is 14. The Hall–Kier alpha value is -3.20. The predicted molar refractivity (Wildman–Crippen MR) is 137 cm³/mol. The molecule has 3 aliphatic rings. The van der Waals surface area contributed by atoms with E-state index in [1.54, 1.807) is 22.9 Å². The Morgan fingerprint density at radius 3 is 2.76 bits per heavy atom. The highest BCUT2D eigenvalue weighted by Crippen LogP contribution is 2.50. The largest absolute Gasteiger partial charge is 0.472 e. The van der Waals surface area contributed by atoms with Gasteiger partial charge < -0.3 is 20.1 Å². The third-order valence-corrected chi connectivity index (χ3v) is 9.13. The van der Waals surface area contributed by atoms with E-state index in [1.807, 2.05) is 0 Å². The van der Waals surface area contributed by atoms with Crippen LogP contribution in [-0.4, -0.2) is 91.1 Å². The minimum absolute atomic E-state index is 0.00340. The summed E-state index contributed by atoms with van der Waals surface area (Å²) in [5.41, 5.74) is 7.17. The minimum atomic E-state index is -4.94. The van der Waals surface area contributed by atoms with Gasteiger partial charge in [-0.2, -0.15) is 13.1 Å². The molecule has 3 aliphatic heterocycles. The molecule has 4 aromatic heterocycles. The van der Waals surface area contributed by atoms with E-state index in [4.69, 9.17) is 28.4 Å². The highest BCUT2D eigenvalue weighted by Gasteiger charge is 2.52. The lowest BCUT2D eigenvalue weighted by Gasteiger charge is -2.25. The number of nitrogen functional groups attached to an aromatic ring is 1. The zero-order chi connectivity index (χ0) is 29.2. The van der Waals surface area contributed by atoms with E-state index < -0.39 is 74.3 Å². The van der Waals surface area contributed by atoms with Crippen molar-refractivity contribution in [3.05, 3.63) is 37.3 Å². The Kier molecular flexibility index (Phi) is 6.72. The molecule has 8 atom stereocenters. The molecule has 0 saturated carbocycles. The number of nitrogens with one attached hydrogen (secondary N) is 1.